The lowest BCUT2D eigenvalue weighted by Crippen LogP contribution is -2.58. The van der Waals surface area contributed by atoms with Gasteiger partial charge < -0.3 is 24.7 Å². The molecule has 21 heavy (non-hydrogen) atoms. The quantitative estimate of drug-likeness (QED) is 0.793. The molecular formula is C14H24N2O5. The van der Waals surface area contributed by atoms with Crippen molar-refractivity contribution in [3.63, 3.8) is 0 Å². The van der Waals surface area contributed by atoms with Crippen LogP contribution in [-0.4, -0.2) is 76.5 Å². The number of aliphatic hydroxyl groups excluding tert-OH is 1. The molecule has 0 aromatic rings. The fourth-order valence-electron chi connectivity index (χ4n) is 3.03. The maximum atomic E-state index is 12.7. The number of amides is 2. The molecule has 0 aromatic carbocycles. The molecule has 3 atom stereocenters. The van der Waals surface area contributed by atoms with Crippen LogP contribution in [0.15, 0.2) is 0 Å². The molecule has 0 spiro atoms. The summed E-state index contributed by atoms with van der Waals surface area (Å²) < 4.78 is 5.44. The Kier molecular flexibility index (Phi) is 5.41. The van der Waals surface area contributed by atoms with Gasteiger partial charge in [0.15, 0.2) is 0 Å². The van der Waals surface area contributed by atoms with Crippen molar-refractivity contribution in [2.24, 2.45) is 0 Å². The number of urea groups is 1. The zero-order valence-corrected chi connectivity index (χ0v) is 12.4. The molecule has 7 heteroatoms. The van der Waals surface area contributed by atoms with Crippen LogP contribution in [0.3, 0.4) is 0 Å². The van der Waals surface area contributed by atoms with Gasteiger partial charge >= 0.3 is 12.0 Å². The van der Waals surface area contributed by atoms with Gasteiger partial charge in [-0.05, 0) is 26.2 Å². The minimum atomic E-state index is -0.872. The summed E-state index contributed by atoms with van der Waals surface area (Å²) in [6.45, 7) is 3.14. The Morgan fingerprint density at radius 2 is 2.05 bits per heavy atom. The van der Waals surface area contributed by atoms with Crippen molar-refractivity contribution in [2.75, 3.05) is 26.3 Å². The number of nitrogens with zero attached hydrogens (tertiary/aromatic N) is 2. The highest BCUT2D eigenvalue weighted by Crippen LogP contribution is 2.23. The molecule has 0 bridgehead atoms. The number of morpholine rings is 1. The third-order valence-electron chi connectivity index (χ3n) is 4.24. The van der Waals surface area contributed by atoms with Gasteiger partial charge in [-0.3, -0.25) is 4.79 Å². The first-order valence-corrected chi connectivity index (χ1v) is 7.54. The van der Waals surface area contributed by atoms with Gasteiger partial charge in [0.1, 0.15) is 0 Å². The lowest BCUT2D eigenvalue weighted by Gasteiger charge is -2.43. The highest BCUT2D eigenvalue weighted by atomic mass is 16.5. The average Bonchev–Trinajstić information content (AvgIpc) is 2.47. The van der Waals surface area contributed by atoms with Gasteiger partial charge in [0, 0.05) is 12.6 Å². The van der Waals surface area contributed by atoms with E-state index in [0.717, 1.165) is 19.3 Å². The summed E-state index contributed by atoms with van der Waals surface area (Å²) >= 11 is 0. The standard InChI is InChI=1S/C14H24N2O5/c1-10-9-21-12(8-17)7-16(10)14(20)15-5-3-2-4-11(15)6-13(18)19/h10-12,17H,2-9H2,1H3,(H,18,19). The Balaban J connectivity index is 2.06. The van der Waals surface area contributed by atoms with Gasteiger partial charge in [0.25, 0.3) is 0 Å². The molecule has 3 unspecified atom stereocenters. The first kappa shape index (κ1) is 16.0. The second-order valence-electron chi connectivity index (χ2n) is 5.86. The molecule has 7 nitrogen and oxygen atoms in total. The Morgan fingerprint density at radius 3 is 2.71 bits per heavy atom. The molecule has 2 saturated heterocycles. The minimum Gasteiger partial charge on any atom is -0.481 e. The van der Waals surface area contributed by atoms with Crippen molar-refractivity contribution in [2.45, 2.75) is 50.8 Å². The van der Waals surface area contributed by atoms with Gasteiger partial charge in [-0.1, -0.05) is 0 Å². The maximum Gasteiger partial charge on any atom is 0.320 e. The van der Waals surface area contributed by atoms with E-state index in [0.29, 0.717) is 19.7 Å². The highest BCUT2D eigenvalue weighted by Gasteiger charge is 2.36. The van der Waals surface area contributed by atoms with Crippen LogP contribution in [0.2, 0.25) is 0 Å². The second-order valence-corrected chi connectivity index (χ2v) is 5.86. The van der Waals surface area contributed by atoms with E-state index in [9.17, 15) is 14.7 Å². The van der Waals surface area contributed by atoms with E-state index < -0.39 is 5.97 Å². The minimum absolute atomic E-state index is 0.00606. The van der Waals surface area contributed by atoms with E-state index in [1.165, 1.54) is 0 Å². The molecule has 2 rings (SSSR count). The van der Waals surface area contributed by atoms with Crippen LogP contribution in [0.1, 0.15) is 32.6 Å². The molecule has 2 heterocycles. The van der Waals surface area contributed by atoms with Gasteiger partial charge in [-0.15, -0.1) is 0 Å². The van der Waals surface area contributed by atoms with E-state index in [1.807, 2.05) is 6.92 Å². The summed E-state index contributed by atoms with van der Waals surface area (Å²) in [5, 5.41) is 18.2. The lowest BCUT2D eigenvalue weighted by molar-refractivity contribution is -0.138. The number of aliphatic carboxylic acids is 1. The first-order valence-electron chi connectivity index (χ1n) is 7.54. The summed E-state index contributed by atoms with van der Waals surface area (Å²) in [4.78, 5) is 27.1. The zero-order chi connectivity index (χ0) is 15.4. The van der Waals surface area contributed by atoms with E-state index in [2.05, 4.69) is 0 Å². The Labute approximate surface area is 124 Å². The average molecular weight is 300 g/mol. The van der Waals surface area contributed by atoms with Crippen LogP contribution in [0.5, 0.6) is 0 Å². The van der Waals surface area contributed by atoms with Crippen molar-refractivity contribution < 1.29 is 24.5 Å². The van der Waals surface area contributed by atoms with Crippen molar-refractivity contribution in [1.82, 2.24) is 9.80 Å². The summed E-state index contributed by atoms with van der Waals surface area (Å²) in [5.74, 6) is -0.872. The normalized spacial score (nSPS) is 30.3. The van der Waals surface area contributed by atoms with Crippen LogP contribution in [-0.2, 0) is 9.53 Å². The monoisotopic (exact) mass is 300 g/mol. The van der Waals surface area contributed by atoms with Crippen LogP contribution >= 0.6 is 0 Å². The summed E-state index contributed by atoms with van der Waals surface area (Å²) in [6, 6.07) is -0.422. The van der Waals surface area contributed by atoms with Crippen LogP contribution < -0.4 is 0 Å². The maximum absolute atomic E-state index is 12.7. The van der Waals surface area contributed by atoms with Crippen molar-refractivity contribution in [3.05, 3.63) is 0 Å². The molecule has 0 radical (unpaired) electrons. The molecule has 2 amide bonds. The smallest absolute Gasteiger partial charge is 0.320 e. The van der Waals surface area contributed by atoms with Crippen LogP contribution in [0.4, 0.5) is 4.79 Å². The van der Waals surface area contributed by atoms with E-state index >= 15 is 0 Å². The third-order valence-corrected chi connectivity index (χ3v) is 4.24. The number of piperidine rings is 1. The summed E-state index contributed by atoms with van der Waals surface area (Å²) in [5.41, 5.74) is 0. The van der Waals surface area contributed by atoms with Gasteiger partial charge in [-0.2, -0.15) is 0 Å². The van der Waals surface area contributed by atoms with Crippen molar-refractivity contribution in [1.29, 1.82) is 0 Å². The van der Waals surface area contributed by atoms with Gasteiger partial charge in [0.2, 0.25) is 0 Å². The molecule has 0 aromatic heterocycles. The highest BCUT2D eigenvalue weighted by molar-refractivity contribution is 5.76. The summed E-state index contributed by atoms with van der Waals surface area (Å²) in [7, 11) is 0. The third kappa shape index (κ3) is 3.85. The molecule has 2 aliphatic heterocycles. The molecule has 2 fully saturated rings. The predicted octanol–water partition coefficient (Wildman–Crippen LogP) is 0.517. The summed E-state index contributed by atoms with van der Waals surface area (Å²) in [6.07, 6.45) is 2.24. The number of carboxylic acids is 1. The second kappa shape index (κ2) is 7.09. The lowest BCUT2D eigenvalue weighted by atomic mass is 9.99. The Hall–Kier alpha value is -1.34. The number of hydrogen-bond donors (Lipinski definition) is 2. The first-order chi connectivity index (χ1) is 10.0. The largest absolute Gasteiger partial charge is 0.481 e. The van der Waals surface area contributed by atoms with Crippen molar-refractivity contribution in [3.8, 4) is 0 Å². The van der Waals surface area contributed by atoms with E-state index in [1.54, 1.807) is 9.80 Å². The van der Waals surface area contributed by atoms with Gasteiger partial charge in [-0.25, -0.2) is 4.79 Å². The van der Waals surface area contributed by atoms with Crippen LogP contribution in [0.25, 0.3) is 0 Å². The fraction of sp³-hybridized carbons (Fsp3) is 0.857. The number of carboxylic acid groups (broad SMARTS) is 1. The predicted molar refractivity (Wildman–Crippen MR) is 75.0 cm³/mol. The number of aliphatic hydroxyl groups is 1. The SMILES string of the molecule is CC1COC(CO)CN1C(=O)N1CCCCC1CC(=O)O. The molecular weight excluding hydrogens is 276 g/mol. The number of carbonyl (C=O) groups is 2. The number of likely N-dealkylation sites (tertiary alicyclic amines) is 1. The molecule has 0 saturated carbocycles. The molecule has 2 aliphatic rings. The van der Waals surface area contributed by atoms with E-state index in [4.69, 9.17) is 9.84 Å². The fourth-order valence-corrected chi connectivity index (χ4v) is 3.03. The molecule has 0 aliphatic carbocycles. The molecule has 2 N–H and O–H groups in total. The van der Waals surface area contributed by atoms with E-state index in [-0.39, 0.29) is 37.2 Å². The van der Waals surface area contributed by atoms with Gasteiger partial charge in [0.05, 0.1) is 38.3 Å². The van der Waals surface area contributed by atoms with Crippen molar-refractivity contribution >= 4 is 12.0 Å². The number of carbonyl (C=O) groups excluding carboxylic acids is 1. The zero-order valence-electron chi connectivity index (χ0n) is 12.4. The topological polar surface area (TPSA) is 90.3 Å². The number of ether oxygens (including phenoxy) is 1. The Morgan fingerprint density at radius 1 is 1.29 bits per heavy atom. The number of hydrogen-bond acceptors (Lipinski definition) is 4. The molecule has 120 valence electrons. The van der Waals surface area contributed by atoms with Crippen LogP contribution in [0, 0.1) is 0 Å². The Bertz CT molecular complexity index is 390. The number of rotatable bonds is 3.